The van der Waals surface area contributed by atoms with Gasteiger partial charge in [0.15, 0.2) is 9.84 Å². The Morgan fingerprint density at radius 3 is 2.28 bits per heavy atom. The van der Waals surface area contributed by atoms with Gasteiger partial charge in [0.05, 0.1) is 28.2 Å². The van der Waals surface area contributed by atoms with Crippen LogP contribution in [0.5, 0.6) is 0 Å². The molecule has 0 atom stereocenters. The highest BCUT2D eigenvalue weighted by atomic mass is 32.2. The zero-order chi connectivity index (χ0) is 18.5. The second-order valence-electron chi connectivity index (χ2n) is 8.22. The van der Waals surface area contributed by atoms with E-state index in [-0.39, 0.29) is 17.0 Å². The number of hydrogen-bond donors (Lipinski definition) is 1. The van der Waals surface area contributed by atoms with Crippen molar-refractivity contribution in [2.45, 2.75) is 63.7 Å². The van der Waals surface area contributed by atoms with Crippen LogP contribution in [0.2, 0.25) is 0 Å². The van der Waals surface area contributed by atoms with Crippen molar-refractivity contribution < 1.29 is 17.7 Å². The lowest BCUT2D eigenvalue weighted by Crippen LogP contribution is -2.44. The van der Waals surface area contributed by atoms with Crippen molar-refractivity contribution in [3.63, 3.8) is 0 Å². The first-order valence-corrected chi connectivity index (χ1v) is 10.6. The van der Waals surface area contributed by atoms with Crippen molar-refractivity contribution in [2.24, 2.45) is 5.73 Å². The summed E-state index contributed by atoms with van der Waals surface area (Å²) in [7, 11) is -3.42. The molecule has 2 saturated heterocycles. The Labute approximate surface area is 150 Å². The van der Waals surface area contributed by atoms with Gasteiger partial charge in [-0.1, -0.05) is 0 Å². The van der Waals surface area contributed by atoms with E-state index in [9.17, 15) is 8.42 Å². The van der Waals surface area contributed by atoms with Crippen molar-refractivity contribution in [2.75, 3.05) is 18.1 Å². The number of nitrogens with two attached hydrogens (primary N) is 1. The lowest BCUT2D eigenvalue weighted by Gasteiger charge is -2.37. The maximum Gasteiger partial charge on any atom is 0.498 e. The molecule has 9 heteroatoms. The fourth-order valence-electron chi connectivity index (χ4n) is 3.48. The quantitative estimate of drug-likeness (QED) is 0.774. The number of aromatic nitrogens is 2. The Balaban J connectivity index is 1.85. The van der Waals surface area contributed by atoms with Crippen LogP contribution in [0, 0.1) is 0 Å². The van der Waals surface area contributed by atoms with Gasteiger partial charge < -0.3 is 15.0 Å². The summed E-state index contributed by atoms with van der Waals surface area (Å²) in [6.07, 6.45) is 5.46. The first-order valence-electron chi connectivity index (χ1n) is 8.82. The van der Waals surface area contributed by atoms with E-state index in [1.807, 2.05) is 38.6 Å². The van der Waals surface area contributed by atoms with Crippen LogP contribution in [0.1, 0.15) is 47.0 Å². The maximum atomic E-state index is 11.8. The third-order valence-electron chi connectivity index (χ3n) is 5.98. The molecule has 0 spiro atoms. The summed E-state index contributed by atoms with van der Waals surface area (Å²) in [4.78, 5) is 0. The van der Waals surface area contributed by atoms with Gasteiger partial charge in [-0.05, 0) is 53.5 Å². The van der Waals surface area contributed by atoms with Crippen LogP contribution in [0.4, 0.5) is 0 Å². The van der Waals surface area contributed by atoms with Crippen molar-refractivity contribution in [3.05, 3.63) is 12.4 Å². The normalized spacial score (nSPS) is 26.7. The molecule has 0 unspecified atom stereocenters. The molecule has 0 saturated carbocycles. The van der Waals surface area contributed by atoms with Crippen molar-refractivity contribution in [1.29, 1.82) is 0 Å². The molecule has 0 radical (unpaired) electrons. The maximum absolute atomic E-state index is 11.8. The van der Waals surface area contributed by atoms with Crippen molar-refractivity contribution in [3.8, 4) is 0 Å². The molecule has 25 heavy (non-hydrogen) atoms. The van der Waals surface area contributed by atoms with E-state index in [1.54, 1.807) is 6.20 Å². The van der Waals surface area contributed by atoms with Gasteiger partial charge in [-0.25, -0.2) is 8.42 Å². The molecule has 0 amide bonds. The Kier molecular flexibility index (Phi) is 4.59. The van der Waals surface area contributed by atoms with Crippen LogP contribution in [-0.4, -0.2) is 54.6 Å². The van der Waals surface area contributed by atoms with E-state index in [1.165, 1.54) is 0 Å². The Morgan fingerprint density at radius 1 is 1.20 bits per heavy atom. The predicted molar refractivity (Wildman–Crippen MR) is 97.5 cm³/mol. The monoisotopic (exact) mass is 369 g/mol. The summed E-state index contributed by atoms with van der Waals surface area (Å²) in [6, 6.07) is 0. The third-order valence-corrected chi connectivity index (χ3v) is 7.63. The molecule has 0 aliphatic carbocycles. The molecule has 0 bridgehead atoms. The van der Waals surface area contributed by atoms with Gasteiger partial charge in [0.25, 0.3) is 0 Å². The van der Waals surface area contributed by atoms with E-state index >= 15 is 0 Å². The number of hydrogen-bond acceptors (Lipinski definition) is 6. The second-order valence-corrected chi connectivity index (χ2v) is 10.5. The van der Waals surface area contributed by atoms with Gasteiger partial charge in [0.2, 0.25) is 0 Å². The van der Waals surface area contributed by atoms with Gasteiger partial charge in [-0.15, -0.1) is 0 Å². The topological polar surface area (TPSA) is 96.4 Å². The Morgan fingerprint density at radius 2 is 1.76 bits per heavy atom. The fraction of sp³-hybridized carbons (Fsp3) is 0.812. The Hall–Kier alpha value is -0.895. The van der Waals surface area contributed by atoms with Crippen LogP contribution in [0.25, 0.3) is 0 Å². The first-order chi connectivity index (χ1) is 11.5. The highest BCUT2D eigenvalue weighted by molar-refractivity contribution is 7.91. The molecule has 1 aromatic rings. The molecule has 3 heterocycles. The first kappa shape index (κ1) is 18.9. The molecule has 2 aliphatic rings. The van der Waals surface area contributed by atoms with Crippen LogP contribution >= 0.6 is 0 Å². The van der Waals surface area contributed by atoms with Gasteiger partial charge in [-0.3, -0.25) is 4.68 Å². The molecule has 2 aliphatic heterocycles. The summed E-state index contributed by atoms with van der Waals surface area (Å²) in [6.45, 7) is 8.54. The average molecular weight is 369 g/mol. The fourth-order valence-corrected chi connectivity index (χ4v) is 5.06. The van der Waals surface area contributed by atoms with Crippen molar-refractivity contribution in [1.82, 2.24) is 9.78 Å². The highest BCUT2D eigenvalue weighted by Crippen LogP contribution is 2.37. The minimum Gasteiger partial charge on any atom is -0.399 e. The Bertz CT molecular complexity index is 714. The van der Waals surface area contributed by atoms with Gasteiger partial charge >= 0.3 is 7.12 Å². The van der Waals surface area contributed by atoms with Crippen LogP contribution in [0.15, 0.2) is 12.4 Å². The van der Waals surface area contributed by atoms with E-state index < -0.39 is 28.2 Å². The molecular formula is C16H28BN3O4S. The van der Waals surface area contributed by atoms with Gasteiger partial charge in [0.1, 0.15) is 0 Å². The molecule has 140 valence electrons. The smallest absolute Gasteiger partial charge is 0.399 e. The standard InChI is InChI=1S/C16H28BN3O4S/c1-14(2)15(3,4)24-17(23-14)13-11-19-20(12-13)16(5-8-18)6-9-25(21,22)10-7-16/h11-12H,5-10,18H2,1-4H3. The lowest BCUT2D eigenvalue weighted by molar-refractivity contribution is 0.00578. The van der Waals surface area contributed by atoms with E-state index in [4.69, 9.17) is 15.0 Å². The summed E-state index contributed by atoms with van der Waals surface area (Å²) >= 11 is 0. The predicted octanol–water partition coefficient (Wildman–Crippen LogP) is 0.435. The van der Waals surface area contributed by atoms with Crippen LogP contribution in [0.3, 0.4) is 0 Å². The summed E-state index contributed by atoms with van der Waals surface area (Å²) < 4.78 is 37.7. The largest absolute Gasteiger partial charge is 0.498 e. The second kappa shape index (κ2) is 6.08. The van der Waals surface area contributed by atoms with Crippen LogP contribution < -0.4 is 11.2 Å². The van der Waals surface area contributed by atoms with E-state index in [0.29, 0.717) is 25.8 Å². The minimum absolute atomic E-state index is 0.179. The molecule has 2 fully saturated rings. The third kappa shape index (κ3) is 3.39. The molecule has 3 rings (SSSR count). The van der Waals surface area contributed by atoms with Gasteiger partial charge in [-0.2, -0.15) is 5.10 Å². The van der Waals surface area contributed by atoms with E-state index in [2.05, 4.69) is 5.10 Å². The zero-order valence-electron chi connectivity index (χ0n) is 15.5. The summed E-state index contributed by atoms with van der Waals surface area (Å²) in [5.41, 5.74) is 5.50. The number of sulfone groups is 1. The molecule has 7 nitrogen and oxygen atoms in total. The number of nitrogens with zero attached hydrogens (tertiary/aromatic N) is 2. The lowest BCUT2D eigenvalue weighted by atomic mass is 9.81. The summed E-state index contributed by atoms with van der Waals surface area (Å²) in [5, 5.41) is 4.52. The summed E-state index contributed by atoms with van der Waals surface area (Å²) in [5.74, 6) is 0.359. The highest BCUT2D eigenvalue weighted by Gasteiger charge is 2.52. The minimum atomic E-state index is -2.95. The number of rotatable bonds is 4. The molecule has 2 N–H and O–H groups in total. The molecule has 0 aromatic carbocycles. The SMILES string of the molecule is CC1(C)OB(c2cnn(C3(CCN)CCS(=O)(=O)CC3)c2)OC1(C)C. The van der Waals surface area contributed by atoms with E-state index in [0.717, 1.165) is 5.46 Å². The molecule has 1 aromatic heterocycles. The van der Waals surface area contributed by atoms with Crippen molar-refractivity contribution >= 4 is 22.4 Å². The molecular weight excluding hydrogens is 341 g/mol. The van der Waals surface area contributed by atoms with Crippen LogP contribution in [-0.2, 0) is 24.7 Å². The zero-order valence-corrected chi connectivity index (χ0v) is 16.3. The van der Waals surface area contributed by atoms with Gasteiger partial charge in [0, 0.05) is 17.9 Å². The average Bonchev–Trinajstić information content (AvgIpc) is 3.06.